The molecule has 0 radical (unpaired) electrons. The molecule has 2 heterocycles. The molecule has 13 heavy (non-hydrogen) atoms. The fourth-order valence-electron chi connectivity index (χ4n) is 2.36. The predicted octanol–water partition coefficient (Wildman–Crippen LogP) is 1.83. The Hall–Kier alpha value is 0.210. The molecule has 0 unspecified atom stereocenters. The SMILES string of the molecule is CC1(C)CNC[C@@H]2CCO[C@H]2C1.Cl. The zero-order valence-electron chi connectivity index (χ0n) is 8.51. The Morgan fingerprint density at radius 1 is 1.38 bits per heavy atom. The smallest absolute Gasteiger partial charge is 0.0621 e. The van der Waals surface area contributed by atoms with Crippen LogP contribution < -0.4 is 5.32 Å². The molecule has 0 aromatic heterocycles. The minimum atomic E-state index is 0. The van der Waals surface area contributed by atoms with Crippen LogP contribution in [0.1, 0.15) is 26.7 Å². The van der Waals surface area contributed by atoms with Crippen LogP contribution in [0.3, 0.4) is 0 Å². The Morgan fingerprint density at radius 3 is 2.92 bits per heavy atom. The monoisotopic (exact) mass is 205 g/mol. The molecule has 0 aromatic carbocycles. The summed E-state index contributed by atoms with van der Waals surface area (Å²) in [6.07, 6.45) is 3.02. The van der Waals surface area contributed by atoms with Crippen LogP contribution in [0.25, 0.3) is 0 Å². The van der Waals surface area contributed by atoms with Gasteiger partial charge >= 0.3 is 0 Å². The molecule has 78 valence electrons. The number of ether oxygens (including phenoxy) is 1. The fraction of sp³-hybridized carbons (Fsp3) is 1.00. The van der Waals surface area contributed by atoms with Crippen molar-refractivity contribution >= 4 is 12.4 Å². The summed E-state index contributed by atoms with van der Waals surface area (Å²) in [6.45, 7) is 7.93. The molecule has 0 bridgehead atoms. The second-order valence-electron chi connectivity index (χ2n) is 4.96. The van der Waals surface area contributed by atoms with Gasteiger partial charge in [0.15, 0.2) is 0 Å². The van der Waals surface area contributed by atoms with Crippen molar-refractivity contribution in [1.29, 1.82) is 0 Å². The lowest BCUT2D eigenvalue weighted by Crippen LogP contribution is -2.28. The van der Waals surface area contributed by atoms with Gasteiger partial charge in [-0.1, -0.05) is 13.8 Å². The lowest BCUT2D eigenvalue weighted by atomic mass is 9.85. The largest absolute Gasteiger partial charge is 0.378 e. The molecule has 1 N–H and O–H groups in total. The van der Waals surface area contributed by atoms with Gasteiger partial charge in [0.25, 0.3) is 0 Å². The van der Waals surface area contributed by atoms with Crippen molar-refractivity contribution in [1.82, 2.24) is 5.32 Å². The standard InChI is InChI=1S/C10H19NO.ClH/c1-10(2)5-9-8(3-4-12-9)6-11-7-10;/h8-9,11H,3-7H2,1-2H3;1H/t8-,9-;/m0./s1. The van der Waals surface area contributed by atoms with E-state index >= 15 is 0 Å². The Bertz CT molecular complexity index is 172. The van der Waals surface area contributed by atoms with Gasteiger partial charge in [0.05, 0.1) is 6.10 Å². The third kappa shape index (κ3) is 2.58. The number of rotatable bonds is 0. The van der Waals surface area contributed by atoms with E-state index in [1.165, 1.54) is 12.8 Å². The zero-order valence-corrected chi connectivity index (χ0v) is 9.32. The maximum Gasteiger partial charge on any atom is 0.0621 e. The average Bonchev–Trinajstić information content (AvgIpc) is 2.31. The Kier molecular flexibility index (Phi) is 3.61. The van der Waals surface area contributed by atoms with Crippen LogP contribution >= 0.6 is 12.4 Å². The van der Waals surface area contributed by atoms with Gasteiger partial charge in [-0.05, 0) is 24.2 Å². The Balaban J connectivity index is 0.000000845. The minimum Gasteiger partial charge on any atom is -0.378 e. The van der Waals surface area contributed by atoms with Crippen LogP contribution in [0.5, 0.6) is 0 Å². The fourth-order valence-corrected chi connectivity index (χ4v) is 2.36. The van der Waals surface area contributed by atoms with Gasteiger partial charge in [0, 0.05) is 19.7 Å². The van der Waals surface area contributed by atoms with Crippen molar-refractivity contribution in [3.05, 3.63) is 0 Å². The molecule has 0 aliphatic carbocycles. The maximum atomic E-state index is 5.73. The van der Waals surface area contributed by atoms with Gasteiger partial charge in [0.2, 0.25) is 0 Å². The second kappa shape index (κ2) is 4.16. The number of hydrogen-bond acceptors (Lipinski definition) is 2. The summed E-state index contributed by atoms with van der Waals surface area (Å²) in [6, 6.07) is 0. The molecule has 0 aromatic rings. The van der Waals surface area contributed by atoms with Gasteiger partial charge in [-0.2, -0.15) is 0 Å². The summed E-state index contributed by atoms with van der Waals surface area (Å²) in [5.74, 6) is 0.784. The molecule has 2 aliphatic heterocycles. The molecule has 2 nitrogen and oxygen atoms in total. The van der Waals surface area contributed by atoms with Gasteiger partial charge in [-0.3, -0.25) is 0 Å². The molecule has 3 heteroatoms. The van der Waals surface area contributed by atoms with Gasteiger partial charge < -0.3 is 10.1 Å². The third-order valence-electron chi connectivity index (χ3n) is 3.11. The van der Waals surface area contributed by atoms with Crippen molar-refractivity contribution in [3.8, 4) is 0 Å². The first kappa shape index (κ1) is 11.3. The van der Waals surface area contributed by atoms with E-state index in [4.69, 9.17) is 4.74 Å². The van der Waals surface area contributed by atoms with E-state index in [0.29, 0.717) is 11.5 Å². The van der Waals surface area contributed by atoms with Crippen molar-refractivity contribution in [2.24, 2.45) is 11.3 Å². The van der Waals surface area contributed by atoms with E-state index in [2.05, 4.69) is 19.2 Å². The summed E-state index contributed by atoms with van der Waals surface area (Å²) in [5.41, 5.74) is 0.420. The quantitative estimate of drug-likeness (QED) is 0.652. The Labute approximate surface area is 86.8 Å². The van der Waals surface area contributed by atoms with Gasteiger partial charge in [0.1, 0.15) is 0 Å². The minimum absolute atomic E-state index is 0. The van der Waals surface area contributed by atoms with E-state index in [9.17, 15) is 0 Å². The zero-order chi connectivity index (χ0) is 8.60. The summed E-state index contributed by atoms with van der Waals surface area (Å²) in [7, 11) is 0. The number of nitrogens with one attached hydrogen (secondary N) is 1. The van der Waals surface area contributed by atoms with E-state index in [1.807, 2.05) is 0 Å². The normalized spacial score (nSPS) is 37.4. The molecule has 2 saturated heterocycles. The highest BCUT2D eigenvalue weighted by molar-refractivity contribution is 5.85. The van der Waals surface area contributed by atoms with E-state index in [0.717, 1.165) is 25.6 Å². The lowest BCUT2D eigenvalue weighted by molar-refractivity contribution is 0.0634. The van der Waals surface area contributed by atoms with Crippen molar-refractivity contribution in [2.45, 2.75) is 32.8 Å². The first-order valence-electron chi connectivity index (χ1n) is 5.00. The average molecular weight is 206 g/mol. The molecule has 2 aliphatic rings. The van der Waals surface area contributed by atoms with E-state index < -0.39 is 0 Å². The summed E-state index contributed by atoms with van der Waals surface area (Å²) >= 11 is 0. The van der Waals surface area contributed by atoms with Crippen molar-refractivity contribution < 1.29 is 4.74 Å². The first-order chi connectivity index (χ1) is 5.67. The van der Waals surface area contributed by atoms with Crippen LogP contribution in [0.4, 0.5) is 0 Å². The predicted molar refractivity (Wildman–Crippen MR) is 56.4 cm³/mol. The highest BCUT2D eigenvalue weighted by Crippen LogP contribution is 2.33. The molecule has 0 spiro atoms. The van der Waals surface area contributed by atoms with Crippen LogP contribution in [0.2, 0.25) is 0 Å². The molecule has 2 fully saturated rings. The van der Waals surface area contributed by atoms with Crippen LogP contribution in [0.15, 0.2) is 0 Å². The summed E-state index contributed by atoms with van der Waals surface area (Å²) in [5, 5.41) is 3.53. The highest BCUT2D eigenvalue weighted by atomic mass is 35.5. The van der Waals surface area contributed by atoms with E-state index in [-0.39, 0.29) is 12.4 Å². The molecule has 0 saturated carbocycles. The highest BCUT2D eigenvalue weighted by Gasteiger charge is 2.35. The van der Waals surface area contributed by atoms with Crippen LogP contribution in [-0.2, 0) is 4.74 Å². The third-order valence-corrected chi connectivity index (χ3v) is 3.11. The van der Waals surface area contributed by atoms with Gasteiger partial charge in [-0.25, -0.2) is 0 Å². The number of fused-ring (bicyclic) bond motifs is 1. The molecular weight excluding hydrogens is 186 g/mol. The number of halogens is 1. The molecule has 2 rings (SSSR count). The van der Waals surface area contributed by atoms with Crippen molar-refractivity contribution in [2.75, 3.05) is 19.7 Å². The van der Waals surface area contributed by atoms with E-state index in [1.54, 1.807) is 0 Å². The van der Waals surface area contributed by atoms with Crippen molar-refractivity contribution in [3.63, 3.8) is 0 Å². The van der Waals surface area contributed by atoms with Crippen LogP contribution in [-0.4, -0.2) is 25.8 Å². The van der Waals surface area contributed by atoms with Crippen LogP contribution in [0, 0.1) is 11.3 Å². The maximum absolute atomic E-state index is 5.73. The lowest BCUT2D eigenvalue weighted by Gasteiger charge is -2.25. The summed E-state index contributed by atoms with van der Waals surface area (Å²) < 4.78 is 5.73. The topological polar surface area (TPSA) is 21.3 Å². The molecular formula is C10H20ClNO. The Morgan fingerprint density at radius 2 is 2.15 bits per heavy atom. The summed E-state index contributed by atoms with van der Waals surface area (Å²) in [4.78, 5) is 0. The van der Waals surface area contributed by atoms with Gasteiger partial charge in [-0.15, -0.1) is 12.4 Å². The first-order valence-corrected chi connectivity index (χ1v) is 5.00. The molecule has 0 amide bonds. The number of hydrogen-bond donors (Lipinski definition) is 1. The second-order valence-corrected chi connectivity index (χ2v) is 4.96. The molecule has 2 atom stereocenters.